The SMILES string of the molecule is C=C(Br)CNC(C)c1ccc(OC)c(OC)c1. The molecule has 0 radical (unpaired) electrons. The Morgan fingerprint density at radius 2 is 2.00 bits per heavy atom. The van der Waals surface area contributed by atoms with E-state index in [1.165, 1.54) is 0 Å². The van der Waals surface area contributed by atoms with Gasteiger partial charge in [-0.05, 0) is 24.6 Å². The molecule has 0 aliphatic rings. The highest BCUT2D eigenvalue weighted by Crippen LogP contribution is 2.29. The van der Waals surface area contributed by atoms with E-state index in [0.717, 1.165) is 28.1 Å². The molecule has 0 aliphatic heterocycles. The maximum Gasteiger partial charge on any atom is 0.161 e. The molecule has 0 amide bonds. The molecule has 0 heterocycles. The van der Waals surface area contributed by atoms with E-state index in [2.05, 4.69) is 34.7 Å². The summed E-state index contributed by atoms with van der Waals surface area (Å²) in [5.74, 6) is 1.49. The number of ether oxygens (including phenoxy) is 2. The van der Waals surface area contributed by atoms with E-state index in [1.54, 1.807) is 14.2 Å². The fourth-order valence-electron chi connectivity index (χ4n) is 1.50. The first-order valence-corrected chi connectivity index (χ1v) is 6.16. The normalized spacial score (nSPS) is 12.0. The van der Waals surface area contributed by atoms with Crippen LogP contribution in [0.1, 0.15) is 18.5 Å². The van der Waals surface area contributed by atoms with Crippen LogP contribution in [0, 0.1) is 0 Å². The van der Waals surface area contributed by atoms with Crippen LogP contribution in [0.15, 0.2) is 29.3 Å². The lowest BCUT2D eigenvalue weighted by Gasteiger charge is -2.16. The summed E-state index contributed by atoms with van der Waals surface area (Å²) in [4.78, 5) is 0. The Morgan fingerprint density at radius 3 is 2.53 bits per heavy atom. The van der Waals surface area contributed by atoms with Gasteiger partial charge >= 0.3 is 0 Å². The lowest BCUT2D eigenvalue weighted by molar-refractivity contribution is 0.354. The summed E-state index contributed by atoms with van der Waals surface area (Å²) < 4.78 is 11.4. The first-order valence-electron chi connectivity index (χ1n) is 5.37. The molecule has 0 spiro atoms. The quantitative estimate of drug-likeness (QED) is 0.874. The van der Waals surface area contributed by atoms with Crippen LogP contribution in [0.5, 0.6) is 11.5 Å². The molecular formula is C13H18BrNO2. The van der Waals surface area contributed by atoms with Crippen LogP contribution in [-0.4, -0.2) is 20.8 Å². The lowest BCUT2D eigenvalue weighted by atomic mass is 10.1. The molecule has 0 aromatic heterocycles. The third-order valence-electron chi connectivity index (χ3n) is 2.51. The van der Waals surface area contributed by atoms with Crippen LogP contribution in [0.4, 0.5) is 0 Å². The minimum Gasteiger partial charge on any atom is -0.493 e. The summed E-state index contributed by atoms with van der Waals surface area (Å²) in [7, 11) is 3.27. The second kappa shape index (κ2) is 6.67. The van der Waals surface area contributed by atoms with Gasteiger partial charge in [0.1, 0.15) is 0 Å². The van der Waals surface area contributed by atoms with E-state index in [9.17, 15) is 0 Å². The summed E-state index contributed by atoms with van der Waals surface area (Å²) in [6, 6.07) is 6.14. The van der Waals surface area contributed by atoms with Crippen LogP contribution < -0.4 is 14.8 Å². The Balaban J connectivity index is 2.80. The average molecular weight is 300 g/mol. The van der Waals surface area contributed by atoms with E-state index in [0.29, 0.717) is 0 Å². The van der Waals surface area contributed by atoms with Gasteiger partial charge < -0.3 is 14.8 Å². The van der Waals surface area contributed by atoms with E-state index in [1.807, 2.05) is 18.2 Å². The number of benzene rings is 1. The fraction of sp³-hybridized carbons (Fsp3) is 0.385. The zero-order valence-electron chi connectivity index (χ0n) is 10.4. The third-order valence-corrected chi connectivity index (χ3v) is 2.79. The van der Waals surface area contributed by atoms with Crippen LogP contribution >= 0.6 is 15.9 Å². The van der Waals surface area contributed by atoms with Crippen molar-refractivity contribution in [1.82, 2.24) is 5.32 Å². The van der Waals surface area contributed by atoms with Gasteiger partial charge in [0.25, 0.3) is 0 Å². The van der Waals surface area contributed by atoms with Crippen molar-refractivity contribution in [1.29, 1.82) is 0 Å². The summed E-state index contributed by atoms with van der Waals surface area (Å²) >= 11 is 3.32. The Kier molecular flexibility index (Phi) is 5.51. The van der Waals surface area contributed by atoms with Gasteiger partial charge in [-0.1, -0.05) is 28.6 Å². The topological polar surface area (TPSA) is 30.5 Å². The Labute approximate surface area is 111 Å². The summed E-state index contributed by atoms with van der Waals surface area (Å²) in [5.41, 5.74) is 1.15. The number of hydrogen-bond donors (Lipinski definition) is 1. The molecule has 17 heavy (non-hydrogen) atoms. The number of rotatable bonds is 6. The molecule has 1 unspecified atom stereocenters. The highest BCUT2D eigenvalue weighted by Gasteiger charge is 2.09. The third kappa shape index (κ3) is 4.06. The summed E-state index contributed by atoms with van der Waals surface area (Å²) in [6.07, 6.45) is 0. The van der Waals surface area contributed by atoms with Gasteiger partial charge in [0, 0.05) is 17.1 Å². The second-order valence-electron chi connectivity index (χ2n) is 3.73. The van der Waals surface area contributed by atoms with E-state index in [-0.39, 0.29) is 6.04 Å². The number of halogens is 1. The summed E-state index contributed by atoms with van der Waals surface area (Å²) in [5, 5.41) is 3.34. The van der Waals surface area contributed by atoms with Gasteiger partial charge in [-0.15, -0.1) is 0 Å². The highest BCUT2D eigenvalue weighted by atomic mass is 79.9. The molecule has 94 valence electrons. The fourth-order valence-corrected chi connectivity index (χ4v) is 1.67. The molecule has 0 saturated carbocycles. The Hall–Kier alpha value is -1.00. The Morgan fingerprint density at radius 1 is 1.35 bits per heavy atom. The molecule has 1 atom stereocenters. The molecule has 1 rings (SSSR count). The largest absolute Gasteiger partial charge is 0.493 e. The Bertz CT molecular complexity index is 393. The minimum atomic E-state index is 0.226. The van der Waals surface area contributed by atoms with Crippen LogP contribution in [0.2, 0.25) is 0 Å². The zero-order valence-corrected chi connectivity index (χ0v) is 12.0. The zero-order chi connectivity index (χ0) is 12.8. The van der Waals surface area contributed by atoms with Gasteiger partial charge in [0.2, 0.25) is 0 Å². The van der Waals surface area contributed by atoms with Crippen molar-refractivity contribution in [3.63, 3.8) is 0 Å². The predicted molar refractivity (Wildman–Crippen MR) is 74.0 cm³/mol. The molecule has 0 bridgehead atoms. The molecule has 1 N–H and O–H groups in total. The van der Waals surface area contributed by atoms with Gasteiger partial charge in [0.05, 0.1) is 14.2 Å². The van der Waals surface area contributed by atoms with E-state index < -0.39 is 0 Å². The van der Waals surface area contributed by atoms with Crippen molar-refractivity contribution in [3.05, 3.63) is 34.8 Å². The van der Waals surface area contributed by atoms with Gasteiger partial charge in [-0.25, -0.2) is 0 Å². The molecule has 4 heteroatoms. The maximum absolute atomic E-state index is 5.27. The number of hydrogen-bond acceptors (Lipinski definition) is 3. The smallest absolute Gasteiger partial charge is 0.161 e. The highest BCUT2D eigenvalue weighted by molar-refractivity contribution is 9.11. The van der Waals surface area contributed by atoms with Crippen LogP contribution in [-0.2, 0) is 0 Å². The first-order chi connectivity index (χ1) is 8.08. The molecule has 1 aromatic carbocycles. The van der Waals surface area contributed by atoms with Crippen molar-refractivity contribution < 1.29 is 9.47 Å². The van der Waals surface area contributed by atoms with Crippen LogP contribution in [0.3, 0.4) is 0 Å². The molecule has 0 saturated heterocycles. The van der Waals surface area contributed by atoms with Crippen molar-refractivity contribution in [2.75, 3.05) is 20.8 Å². The van der Waals surface area contributed by atoms with Crippen molar-refractivity contribution >= 4 is 15.9 Å². The van der Waals surface area contributed by atoms with Gasteiger partial charge in [0.15, 0.2) is 11.5 Å². The monoisotopic (exact) mass is 299 g/mol. The average Bonchev–Trinajstić information content (AvgIpc) is 2.34. The van der Waals surface area contributed by atoms with Gasteiger partial charge in [-0.2, -0.15) is 0 Å². The molecule has 1 aromatic rings. The maximum atomic E-state index is 5.27. The molecule has 3 nitrogen and oxygen atoms in total. The summed E-state index contributed by atoms with van der Waals surface area (Å²) in [6.45, 7) is 6.62. The number of nitrogens with one attached hydrogen (secondary N) is 1. The predicted octanol–water partition coefficient (Wildman–Crippen LogP) is 3.26. The molecule has 0 aliphatic carbocycles. The van der Waals surface area contributed by atoms with E-state index in [4.69, 9.17) is 9.47 Å². The first kappa shape index (κ1) is 14.1. The molecule has 0 fully saturated rings. The standard InChI is InChI=1S/C13H18BrNO2/c1-9(14)8-15-10(2)11-5-6-12(16-3)13(7-11)17-4/h5-7,10,15H,1,8H2,2-4H3. The lowest BCUT2D eigenvalue weighted by Crippen LogP contribution is -2.19. The van der Waals surface area contributed by atoms with Crippen molar-refractivity contribution in [2.24, 2.45) is 0 Å². The van der Waals surface area contributed by atoms with Crippen LogP contribution in [0.25, 0.3) is 0 Å². The second-order valence-corrected chi connectivity index (χ2v) is 4.86. The van der Waals surface area contributed by atoms with Crippen molar-refractivity contribution in [2.45, 2.75) is 13.0 Å². The molecular weight excluding hydrogens is 282 g/mol. The van der Waals surface area contributed by atoms with Crippen molar-refractivity contribution in [3.8, 4) is 11.5 Å². The minimum absolute atomic E-state index is 0.226. The number of methoxy groups -OCH3 is 2. The van der Waals surface area contributed by atoms with E-state index >= 15 is 0 Å². The van der Waals surface area contributed by atoms with Gasteiger partial charge in [-0.3, -0.25) is 0 Å².